The molecule has 366 valence electrons. The highest BCUT2D eigenvalue weighted by Gasteiger charge is 2.26. The molecular weight excluding hydrogens is 831 g/mol. The van der Waals surface area contributed by atoms with Crippen molar-refractivity contribution in [3.63, 3.8) is 0 Å². The first-order chi connectivity index (χ1) is 29.9. The zero-order chi connectivity index (χ0) is 44.8. The van der Waals surface area contributed by atoms with Crippen molar-refractivity contribution in [1.82, 2.24) is 0 Å². The van der Waals surface area contributed by atoms with E-state index in [2.05, 4.69) is 41.5 Å². The van der Waals surface area contributed by atoms with Gasteiger partial charge in [-0.05, 0) is 76.3 Å². The Morgan fingerprint density at radius 2 is 0.548 bits per heavy atom. The summed E-state index contributed by atoms with van der Waals surface area (Å²) in [7, 11) is 0. The number of halogens is 1. The van der Waals surface area contributed by atoms with Crippen LogP contribution in [-0.2, 0) is 9.47 Å². The Bertz CT molecular complexity index is 961. The Morgan fingerprint density at radius 3 is 0.790 bits per heavy atom. The smallest absolute Gasteiger partial charge is 0.339 e. The minimum Gasteiger partial charge on any atom is -1.00 e. The molecule has 6 heteroatoms. The van der Waals surface area contributed by atoms with E-state index in [0.29, 0.717) is 24.3 Å². The molecule has 0 unspecified atom stereocenters. The number of ether oxygens (including phenoxy) is 2. The van der Waals surface area contributed by atoms with Gasteiger partial charge in [0.15, 0.2) is 0 Å². The Labute approximate surface area is 398 Å². The van der Waals surface area contributed by atoms with Gasteiger partial charge in [-0.3, -0.25) is 0 Å². The highest BCUT2D eigenvalue weighted by atomic mass is 79.9. The van der Waals surface area contributed by atoms with Crippen LogP contribution in [0.3, 0.4) is 0 Å². The average molecular weight is 937 g/mol. The van der Waals surface area contributed by atoms with Crippen molar-refractivity contribution < 1.29 is 40.5 Å². The summed E-state index contributed by atoms with van der Waals surface area (Å²) in [4.78, 5) is 24.7. The number of carbonyl (C=O) groups is 2. The van der Waals surface area contributed by atoms with Crippen molar-refractivity contribution in [3.05, 3.63) is 35.4 Å². The summed E-state index contributed by atoms with van der Waals surface area (Å²) in [5, 5.41) is 0. The quantitative estimate of drug-likeness (QED) is 0.0372. The lowest BCUT2D eigenvalue weighted by Crippen LogP contribution is -3.00. The molecule has 0 heterocycles. The van der Waals surface area contributed by atoms with Gasteiger partial charge in [0.25, 0.3) is 0 Å². The van der Waals surface area contributed by atoms with Crippen molar-refractivity contribution in [2.75, 3.05) is 39.4 Å². The molecule has 0 aromatic heterocycles. The molecule has 0 saturated carbocycles. The lowest BCUT2D eigenvalue weighted by Gasteiger charge is -2.40. The normalized spacial score (nSPS) is 11.2. The van der Waals surface area contributed by atoms with Crippen LogP contribution in [0.4, 0.5) is 0 Å². The van der Waals surface area contributed by atoms with Crippen LogP contribution in [0, 0.1) is 0 Å². The largest absolute Gasteiger partial charge is 1.00 e. The fourth-order valence-electron chi connectivity index (χ4n) is 8.67. The van der Waals surface area contributed by atoms with E-state index >= 15 is 0 Å². The molecule has 0 N–H and O–H groups in total. The van der Waals surface area contributed by atoms with Crippen molar-refractivity contribution in [2.24, 2.45) is 0 Å². The molecule has 0 radical (unpaired) electrons. The third kappa shape index (κ3) is 37.9. The summed E-state index contributed by atoms with van der Waals surface area (Å²) >= 11 is 0. The van der Waals surface area contributed by atoms with E-state index in [-0.39, 0.29) is 17.0 Å². The first kappa shape index (κ1) is 62.7. The SMILES string of the molecule is CCCCCCCCOC(=O)c1ccccc1C(=O)OCCCCCCCC.CCCCCCCC[N+](CCCCCCCC)(CCCCCCCC)CCCCCCCC.[Br-]. The van der Waals surface area contributed by atoms with Gasteiger partial charge >= 0.3 is 11.9 Å². The van der Waals surface area contributed by atoms with Gasteiger partial charge in [-0.25, -0.2) is 9.59 Å². The van der Waals surface area contributed by atoms with Gasteiger partial charge in [-0.2, -0.15) is 0 Å². The molecule has 0 spiro atoms. The molecule has 0 amide bonds. The van der Waals surface area contributed by atoms with Crippen LogP contribution in [-0.4, -0.2) is 55.8 Å². The van der Waals surface area contributed by atoms with Gasteiger partial charge in [-0.1, -0.05) is 221 Å². The highest BCUT2D eigenvalue weighted by Crippen LogP contribution is 2.21. The predicted molar refractivity (Wildman–Crippen MR) is 267 cm³/mol. The number of hydrogen-bond acceptors (Lipinski definition) is 4. The maximum absolute atomic E-state index is 12.4. The lowest BCUT2D eigenvalue weighted by molar-refractivity contribution is -0.929. The molecule has 0 atom stereocenters. The van der Waals surface area contributed by atoms with E-state index < -0.39 is 11.9 Å². The number of hydrogen-bond donors (Lipinski definition) is 0. The molecular formula is C56H106BrNO4. The van der Waals surface area contributed by atoms with Crippen molar-refractivity contribution in [3.8, 4) is 0 Å². The number of rotatable bonds is 44. The summed E-state index contributed by atoms with van der Waals surface area (Å²) < 4.78 is 12.2. The number of nitrogens with zero attached hydrogens (tertiary/aromatic N) is 1. The van der Waals surface area contributed by atoms with Crippen LogP contribution < -0.4 is 17.0 Å². The summed E-state index contributed by atoms with van der Waals surface area (Å²) in [6.07, 6.45) is 48.4. The first-order valence-electron chi connectivity index (χ1n) is 27.2. The van der Waals surface area contributed by atoms with E-state index in [1.807, 2.05) is 0 Å². The standard InChI is InChI=1S/C32H68N.C24H38O4.BrH/c1-5-9-13-17-21-25-29-33(30-26-22-18-14-10-6-2,31-27-23-19-15-11-7-3)32-28-24-20-16-12-8-4;1-3-5-7-9-11-15-19-27-23(25)21-17-13-14-18-22(21)24(26)28-20-16-12-10-8-6-4-2;/h5-32H2,1-4H3;13-14,17-18H,3-12,15-16,19-20H2,1-2H3;1H/q+1;;/p-1. The molecule has 1 rings (SSSR count). The van der Waals surface area contributed by atoms with E-state index in [1.54, 1.807) is 24.3 Å². The summed E-state index contributed by atoms with van der Waals surface area (Å²) in [6, 6.07) is 6.74. The molecule has 62 heavy (non-hydrogen) atoms. The Morgan fingerprint density at radius 1 is 0.339 bits per heavy atom. The topological polar surface area (TPSA) is 52.6 Å². The number of esters is 2. The van der Waals surface area contributed by atoms with E-state index in [1.165, 1.54) is 236 Å². The fourth-order valence-corrected chi connectivity index (χ4v) is 8.67. The van der Waals surface area contributed by atoms with Crippen LogP contribution in [0.15, 0.2) is 24.3 Å². The maximum atomic E-state index is 12.4. The lowest BCUT2D eigenvalue weighted by atomic mass is 10.0. The van der Waals surface area contributed by atoms with Gasteiger partial charge < -0.3 is 30.9 Å². The van der Waals surface area contributed by atoms with Gasteiger partial charge in [0, 0.05) is 0 Å². The van der Waals surface area contributed by atoms with Crippen LogP contribution >= 0.6 is 0 Å². The van der Waals surface area contributed by atoms with Gasteiger partial charge in [-0.15, -0.1) is 0 Å². The average Bonchev–Trinajstić information content (AvgIpc) is 3.27. The molecule has 0 bridgehead atoms. The Kier molecular flexibility index (Phi) is 49.6. The van der Waals surface area contributed by atoms with Crippen molar-refractivity contribution in [1.29, 1.82) is 0 Å². The molecule has 0 saturated heterocycles. The third-order valence-electron chi connectivity index (χ3n) is 12.8. The summed E-state index contributed by atoms with van der Waals surface area (Å²) in [6.45, 7) is 20.4. The van der Waals surface area contributed by atoms with Crippen LogP contribution in [0.1, 0.15) is 293 Å². The summed E-state index contributed by atoms with van der Waals surface area (Å²) in [5.74, 6) is -0.888. The number of carbonyl (C=O) groups excluding carboxylic acids is 2. The third-order valence-corrected chi connectivity index (χ3v) is 12.8. The van der Waals surface area contributed by atoms with E-state index in [9.17, 15) is 9.59 Å². The number of quaternary nitrogens is 1. The van der Waals surface area contributed by atoms with E-state index in [4.69, 9.17) is 9.47 Å². The van der Waals surface area contributed by atoms with Gasteiger partial charge in [0.05, 0.1) is 50.5 Å². The fraction of sp³-hybridized carbons (Fsp3) is 0.857. The molecule has 0 aliphatic rings. The minimum absolute atomic E-state index is 0. The van der Waals surface area contributed by atoms with Gasteiger partial charge in [0.1, 0.15) is 0 Å². The molecule has 0 aliphatic heterocycles. The molecule has 1 aromatic rings. The molecule has 1 aromatic carbocycles. The Balaban J connectivity index is 0. The maximum Gasteiger partial charge on any atom is 0.339 e. The van der Waals surface area contributed by atoms with Crippen molar-refractivity contribution >= 4 is 11.9 Å². The van der Waals surface area contributed by atoms with Gasteiger partial charge in [0.2, 0.25) is 0 Å². The van der Waals surface area contributed by atoms with Crippen LogP contribution in [0.2, 0.25) is 0 Å². The second-order valence-corrected chi connectivity index (χ2v) is 18.7. The molecule has 5 nitrogen and oxygen atoms in total. The monoisotopic (exact) mass is 936 g/mol. The zero-order valence-corrected chi connectivity index (χ0v) is 44.1. The zero-order valence-electron chi connectivity index (χ0n) is 42.5. The second kappa shape index (κ2) is 49.0. The first-order valence-corrected chi connectivity index (χ1v) is 27.2. The predicted octanol–water partition coefficient (Wildman–Crippen LogP) is 15.0. The highest BCUT2D eigenvalue weighted by molar-refractivity contribution is 6.03. The van der Waals surface area contributed by atoms with Crippen molar-refractivity contribution in [2.45, 2.75) is 273 Å². The minimum atomic E-state index is -0.444. The molecule has 0 fully saturated rings. The van der Waals surface area contributed by atoms with Crippen LogP contribution in [0.25, 0.3) is 0 Å². The number of unbranched alkanes of at least 4 members (excludes halogenated alkanes) is 30. The Hall–Kier alpha value is -1.40. The second-order valence-electron chi connectivity index (χ2n) is 18.7. The molecule has 0 aliphatic carbocycles. The van der Waals surface area contributed by atoms with E-state index in [0.717, 1.165) is 25.7 Å². The van der Waals surface area contributed by atoms with Crippen LogP contribution in [0.5, 0.6) is 0 Å². The number of benzene rings is 1. The summed E-state index contributed by atoms with van der Waals surface area (Å²) in [5.41, 5.74) is 0.586.